The first-order valence-corrected chi connectivity index (χ1v) is 6.82. The van der Waals surface area contributed by atoms with Gasteiger partial charge < -0.3 is 24.6 Å². The Hall–Kier alpha value is -1.14. The lowest BCUT2D eigenvalue weighted by atomic mass is 10.1. The highest BCUT2D eigenvalue weighted by Crippen LogP contribution is 2.24. The minimum Gasteiger partial charge on any atom is -0.490 e. The fourth-order valence-electron chi connectivity index (χ4n) is 1.72. The predicted molar refractivity (Wildman–Crippen MR) is 78.1 cm³/mol. The second-order valence-corrected chi connectivity index (χ2v) is 4.58. The molecule has 0 fully saturated rings. The van der Waals surface area contributed by atoms with Crippen LogP contribution >= 0.6 is 0 Å². The Morgan fingerprint density at radius 2 is 1.95 bits per heavy atom. The van der Waals surface area contributed by atoms with Gasteiger partial charge in [0.05, 0.1) is 19.8 Å². The van der Waals surface area contributed by atoms with Crippen LogP contribution in [0.2, 0.25) is 0 Å². The summed E-state index contributed by atoms with van der Waals surface area (Å²) >= 11 is 0. The third-order valence-corrected chi connectivity index (χ3v) is 2.99. The number of ether oxygens (including phenoxy) is 3. The van der Waals surface area contributed by atoms with Gasteiger partial charge in [0, 0.05) is 18.7 Å². The summed E-state index contributed by atoms with van der Waals surface area (Å²) in [4.78, 5) is 0. The molecule has 0 aromatic heterocycles. The summed E-state index contributed by atoms with van der Waals surface area (Å²) in [5, 5.41) is 13.0. The number of aliphatic hydroxyl groups is 1. The Balaban J connectivity index is 2.41. The van der Waals surface area contributed by atoms with Crippen LogP contribution in [0.15, 0.2) is 24.3 Å². The highest BCUT2D eigenvalue weighted by atomic mass is 16.5. The minimum absolute atomic E-state index is 0.196. The van der Waals surface area contributed by atoms with Crippen molar-refractivity contribution in [3.8, 4) is 5.75 Å². The Labute approximate surface area is 120 Å². The Kier molecular flexibility index (Phi) is 8.22. The first-order valence-electron chi connectivity index (χ1n) is 6.82. The van der Waals surface area contributed by atoms with Gasteiger partial charge in [-0.25, -0.2) is 0 Å². The molecule has 5 heteroatoms. The molecule has 0 saturated heterocycles. The number of para-hydroxylation sites is 1. The zero-order valence-corrected chi connectivity index (χ0v) is 12.5. The molecule has 1 rings (SSSR count). The van der Waals surface area contributed by atoms with E-state index in [-0.39, 0.29) is 19.3 Å². The first kappa shape index (κ1) is 16.9. The number of nitrogens with one attached hydrogen (secondary N) is 1. The van der Waals surface area contributed by atoms with Gasteiger partial charge in [-0.3, -0.25) is 0 Å². The number of rotatable bonds is 10. The third kappa shape index (κ3) is 5.88. The molecule has 0 saturated carbocycles. The molecule has 0 amide bonds. The van der Waals surface area contributed by atoms with Crippen LogP contribution in [0.5, 0.6) is 5.75 Å². The molecule has 2 unspecified atom stereocenters. The van der Waals surface area contributed by atoms with Gasteiger partial charge in [-0.15, -0.1) is 0 Å². The van der Waals surface area contributed by atoms with Gasteiger partial charge in [0.25, 0.3) is 0 Å². The average molecular weight is 283 g/mol. The van der Waals surface area contributed by atoms with E-state index in [9.17, 15) is 5.11 Å². The average Bonchev–Trinajstić information content (AvgIpc) is 2.49. The Morgan fingerprint density at radius 3 is 2.65 bits per heavy atom. The maximum atomic E-state index is 9.79. The zero-order chi connectivity index (χ0) is 14.8. The SMILES string of the molecule is CNC(C)c1ccccc1OCC(O)COCCOC. The number of hydrogen-bond acceptors (Lipinski definition) is 5. The second kappa shape index (κ2) is 9.72. The van der Waals surface area contributed by atoms with E-state index in [4.69, 9.17) is 14.2 Å². The summed E-state index contributed by atoms with van der Waals surface area (Å²) in [5.74, 6) is 0.783. The van der Waals surface area contributed by atoms with Gasteiger partial charge in [-0.1, -0.05) is 18.2 Å². The monoisotopic (exact) mass is 283 g/mol. The number of methoxy groups -OCH3 is 1. The van der Waals surface area contributed by atoms with E-state index in [1.54, 1.807) is 7.11 Å². The lowest BCUT2D eigenvalue weighted by molar-refractivity contribution is -0.00436. The van der Waals surface area contributed by atoms with Gasteiger partial charge >= 0.3 is 0 Å². The van der Waals surface area contributed by atoms with Gasteiger partial charge in [-0.05, 0) is 20.0 Å². The molecule has 2 atom stereocenters. The van der Waals surface area contributed by atoms with Crippen LogP contribution in [0.4, 0.5) is 0 Å². The van der Waals surface area contributed by atoms with E-state index < -0.39 is 6.10 Å². The van der Waals surface area contributed by atoms with Crippen LogP contribution in [0, 0.1) is 0 Å². The molecule has 0 aliphatic carbocycles. The predicted octanol–water partition coefficient (Wildman–Crippen LogP) is 1.37. The van der Waals surface area contributed by atoms with E-state index in [1.165, 1.54) is 0 Å². The van der Waals surface area contributed by atoms with Crippen molar-refractivity contribution in [2.45, 2.75) is 19.1 Å². The van der Waals surface area contributed by atoms with Crippen molar-refractivity contribution in [3.05, 3.63) is 29.8 Å². The lowest BCUT2D eigenvalue weighted by Crippen LogP contribution is -2.25. The van der Waals surface area contributed by atoms with Gasteiger partial charge in [0.15, 0.2) is 0 Å². The molecule has 5 nitrogen and oxygen atoms in total. The van der Waals surface area contributed by atoms with Crippen molar-refractivity contribution in [2.75, 3.05) is 40.6 Å². The van der Waals surface area contributed by atoms with Crippen molar-refractivity contribution in [2.24, 2.45) is 0 Å². The second-order valence-electron chi connectivity index (χ2n) is 4.58. The molecule has 0 bridgehead atoms. The zero-order valence-electron chi connectivity index (χ0n) is 12.5. The van der Waals surface area contributed by atoms with Gasteiger partial charge in [-0.2, -0.15) is 0 Å². The maximum Gasteiger partial charge on any atom is 0.124 e. The first-order chi connectivity index (χ1) is 9.69. The van der Waals surface area contributed by atoms with Crippen LogP contribution in [0.1, 0.15) is 18.5 Å². The number of benzene rings is 1. The molecular weight excluding hydrogens is 258 g/mol. The third-order valence-electron chi connectivity index (χ3n) is 2.99. The van der Waals surface area contributed by atoms with Crippen molar-refractivity contribution in [1.29, 1.82) is 0 Å². The Morgan fingerprint density at radius 1 is 1.20 bits per heavy atom. The van der Waals surface area contributed by atoms with Crippen molar-refractivity contribution >= 4 is 0 Å². The fourth-order valence-corrected chi connectivity index (χ4v) is 1.72. The summed E-state index contributed by atoms with van der Waals surface area (Å²) in [6.45, 7) is 3.51. The fraction of sp³-hybridized carbons (Fsp3) is 0.600. The minimum atomic E-state index is -0.648. The lowest BCUT2D eigenvalue weighted by Gasteiger charge is -2.18. The smallest absolute Gasteiger partial charge is 0.124 e. The van der Waals surface area contributed by atoms with Gasteiger partial charge in [0.2, 0.25) is 0 Å². The van der Waals surface area contributed by atoms with Crippen LogP contribution in [0.3, 0.4) is 0 Å². The molecule has 1 aromatic carbocycles. The topological polar surface area (TPSA) is 60.0 Å². The number of hydrogen-bond donors (Lipinski definition) is 2. The summed E-state index contributed by atoms with van der Waals surface area (Å²) in [6.07, 6.45) is -0.648. The molecule has 0 spiro atoms. The highest BCUT2D eigenvalue weighted by molar-refractivity contribution is 5.35. The summed E-state index contributed by atoms with van der Waals surface area (Å²) in [6, 6.07) is 8.00. The van der Waals surface area contributed by atoms with Crippen LogP contribution in [-0.2, 0) is 9.47 Å². The van der Waals surface area contributed by atoms with Crippen molar-refractivity contribution in [1.82, 2.24) is 5.32 Å². The van der Waals surface area contributed by atoms with E-state index in [2.05, 4.69) is 12.2 Å². The largest absolute Gasteiger partial charge is 0.490 e. The molecular formula is C15H25NO4. The summed E-state index contributed by atoms with van der Waals surface area (Å²) in [7, 11) is 3.52. The van der Waals surface area contributed by atoms with E-state index in [0.29, 0.717) is 13.2 Å². The molecule has 2 N–H and O–H groups in total. The summed E-state index contributed by atoms with van der Waals surface area (Å²) in [5.41, 5.74) is 1.07. The molecule has 20 heavy (non-hydrogen) atoms. The maximum absolute atomic E-state index is 9.79. The standard InChI is InChI=1S/C15H25NO4/c1-12(16-2)14-6-4-5-7-15(14)20-11-13(17)10-19-9-8-18-3/h4-7,12-13,16-17H,8-11H2,1-3H3. The van der Waals surface area contributed by atoms with E-state index >= 15 is 0 Å². The molecule has 0 aliphatic rings. The van der Waals surface area contributed by atoms with E-state index in [0.717, 1.165) is 11.3 Å². The summed E-state index contributed by atoms with van der Waals surface area (Å²) < 4.78 is 15.8. The van der Waals surface area contributed by atoms with Crippen LogP contribution in [0.25, 0.3) is 0 Å². The normalized spacial score (nSPS) is 14.0. The Bertz CT molecular complexity index is 373. The van der Waals surface area contributed by atoms with Crippen molar-refractivity contribution in [3.63, 3.8) is 0 Å². The van der Waals surface area contributed by atoms with Gasteiger partial charge in [0.1, 0.15) is 18.5 Å². The molecule has 0 radical (unpaired) electrons. The number of aliphatic hydroxyl groups excluding tert-OH is 1. The van der Waals surface area contributed by atoms with Crippen LogP contribution in [-0.4, -0.2) is 51.8 Å². The molecule has 0 heterocycles. The van der Waals surface area contributed by atoms with Crippen LogP contribution < -0.4 is 10.1 Å². The van der Waals surface area contributed by atoms with Crippen molar-refractivity contribution < 1.29 is 19.3 Å². The quantitative estimate of drug-likeness (QED) is 0.635. The molecule has 0 aliphatic heterocycles. The van der Waals surface area contributed by atoms with E-state index in [1.807, 2.05) is 31.3 Å². The molecule has 114 valence electrons. The highest BCUT2D eigenvalue weighted by Gasteiger charge is 2.11. The molecule has 1 aromatic rings.